The van der Waals surface area contributed by atoms with Crippen LogP contribution in [0, 0.1) is 0 Å². The number of methoxy groups -OCH3 is 1. The average Bonchev–Trinajstić information content (AvgIpc) is 3.46. The van der Waals surface area contributed by atoms with Gasteiger partial charge in [-0.25, -0.2) is 4.98 Å². The van der Waals surface area contributed by atoms with Crippen LogP contribution in [0.5, 0.6) is 11.5 Å². The van der Waals surface area contributed by atoms with Gasteiger partial charge in [-0.1, -0.05) is 12.1 Å². The molecule has 2 aliphatic rings. The largest absolute Gasteiger partial charge is 0.493 e. The second-order valence-corrected chi connectivity index (χ2v) is 7.98. The summed E-state index contributed by atoms with van der Waals surface area (Å²) in [4.78, 5) is 21.5. The molecule has 0 bridgehead atoms. The minimum absolute atomic E-state index is 0.0193. The summed E-state index contributed by atoms with van der Waals surface area (Å²) in [6, 6.07) is 7.39. The summed E-state index contributed by atoms with van der Waals surface area (Å²) in [5.41, 5.74) is 1.28. The van der Waals surface area contributed by atoms with E-state index in [0.29, 0.717) is 17.4 Å². The summed E-state index contributed by atoms with van der Waals surface area (Å²) in [5.74, 6) is 1.98. The molecule has 27 heavy (non-hydrogen) atoms. The van der Waals surface area contributed by atoms with Gasteiger partial charge >= 0.3 is 0 Å². The second-order valence-electron chi connectivity index (χ2n) is 7.04. The lowest BCUT2D eigenvalue weighted by Crippen LogP contribution is -2.49. The lowest BCUT2D eigenvalue weighted by molar-refractivity contribution is -0.135. The smallest absolute Gasteiger partial charge is 0.260 e. The van der Waals surface area contributed by atoms with Crippen molar-refractivity contribution in [1.29, 1.82) is 0 Å². The highest BCUT2D eigenvalue weighted by molar-refractivity contribution is 7.09. The molecule has 1 saturated heterocycles. The molecule has 7 heteroatoms. The number of thiazole rings is 1. The number of aromatic nitrogens is 1. The van der Waals surface area contributed by atoms with E-state index < -0.39 is 0 Å². The van der Waals surface area contributed by atoms with E-state index in [4.69, 9.17) is 14.5 Å². The maximum atomic E-state index is 12.5. The van der Waals surface area contributed by atoms with Crippen LogP contribution in [0.4, 0.5) is 0 Å². The molecule has 0 spiro atoms. The van der Waals surface area contributed by atoms with Crippen LogP contribution in [-0.4, -0.2) is 60.6 Å². The summed E-state index contributed by atoms with van der Waals surface area (Å²) in [7, 11) is 1.60. The van der Waals surface area contributed by atoms with E-state index in [2.05, 4.69) is 10.3 Å². The SMILES string of the molecule is COc1ccccc1OCC(=O)N1CCN(Cc2nc(C3CC3)cs2)CC1. The zero-order valence-electron chi connectivity index (χ0n) is 15.6. The van der Waals surface area contributed by atoms with E-state index in [1.54, 1.807) is 18.4 Å². The van der Waals surface area contributed by atoms with E-state index in [-0.39, 0.29) is 12.5 Å². The highest BCUT2D eigenvalue weighted by Crippen LogP contribution is 2.40. The van der Waals surface area contributed by atoms with E-state index >= 15 is 0 Å². The predicted molar refractivity (Wildman–Crippen MR) is 104 cm³/mol. The number of para-hydroxylation sites is 2. The first-order valence-electron chi connectivity index (χ1n) is 9.43. The number of nitrogens with zero attached hydrogens (tertiary/aromatic N) is 3. The molecule has 6 nitrogen and oxygen atoms in total. The Bertz CT molecular complexity index is 782. The molecular weight excluding hydrogens is 362 g/mol. The Hall–Kier alpha value is -2.12. The molecule has 0 N–H and O–H groups in total. The zero-order valence-corrected chi connectivity index (χ0v) is 16.4. The fraction of sp³-hybridized carbons (Fsp3) is 0.500. The van der Waals surface area contributed by atoms with Gasteiger partial charge in [0.15, 0.2) is 18.1 Å². The Balaban J connectivity index is 1.22. The number of ether oxygens (including phenoxy) is 2. The van der Waals surface area contributed by atoms with E-state index in [1.165, 1.54) is 23.5 Å². The summed E-state index contributed by atoms with van der Waals surface area (Å²) < 4.78 is 10.9. The number of carbonyl (C=O) groups excluding carboxylic acids is 1. The number of amides is 1. The van der Waals surface area contributed by atoms with Gasteiger partial charge in [0.2, 0.25) is 0 Å². The van der Waals surface area contributed by atoms with Crippen molar-refractivity contribution in [2.75, 3.05) is 39.9 Å². The molecule has 0 radical (unpaired) electrons. The third-order valence-corrected chi connectivity index (χ3v) is 5.92. The van der Waals surface area contributed by atoms with E-state index in [1.807, 2.05) is 29.2 Å². The van der Waals surface area contributed by atoms with Crippen LogP contribution >= 0.6 is 11.3 Å². The quantitative estimate of drug-likeness (QED) is 0.731. The number of benzene rings is 1. The maximum absolute atomic E-state index is 12.5. The van der Waals surface area contributed by atoms with Crippen molar-refractivity contribution in [2.45, 2.75) is 25.3 Å². The highest BCUT2D eigenvalue weighted by Gasteiger charge is 2.27. The van der Waals surface area contributed by atoms with Gasteiger partial charge in [-0.05, 0) is 25.0 Å². The molecule has 1 aromatic carbocycles. The summed E-state index contributed by atoms with van der Waals surface area (Å²) >= 11 is 1.76. The lowest BCUT2D eigenvalue weighted by atomic mass is 10.3. The molecule has 144 valence electrons. The summed E-state index contributed by atoms with van der Waals surface area (Å²) in [6.45, 7) is 4.14. The molecule has 1 aromatic heterocycles. The third-order valence-electron chi connectivity index (χ3n) is 5.07. The van der Waals surface area contributed by atoms with Crippen molar-refractivity contribution in [3.8, 4) is 11.5 Å². The monoisotopic (exact) mass is 387 g/mol. The van der Waals surface area contributed by atoms with Crippen molar-refractivity contribution < 1.29 is 14.3 Å². The minimum Gasteiger partial charge on any atom is -0.493 e. The molecule has 2 heterocycles. The van der Waals surface area contributed by atoms with Gasteiger partial charge in [0.1, 0.15) is 5.01 Å². The van der Waals surface area contributed by atoms with Gasteiger partial charge in [-0.3, -0.25) is 9.69 Å². The zero-order chi connectivity index (χ0) is 18.6. The van der Waals surface area contributed by atoms with Crippen LogP contribution in [0.2, 0.25) is 0 Å². The van der Waals surface area contributed by atoms with E-state index in [0.717, 1.165) is 32.7 Å². The van der Waals surface area contributed by atoms with Crippen molar-refractivity contribution in [3.05, 3.63) is 40.3 Å². The first-order valence-corrected chi connectivity index (χ1v) is 10.3. The number of hydrogen-bond acceptors (Lipinski definition) is 6. The highest BCUT2D eigenvalue weighted by atomic mass is 32.1. The molecular formula is C20H25N3O3S. The summed E-state index contributed by atoms with van der Waals surface area (Å²) in [5, 5.41) is 3.40. The maximum Gasteiger partial charge on any atom is 0.260 e. The van der Waals surface area contributed by atoms with Gasteiger partial charge in [-0.15, -0.1) is 11.3 Å². The molecule has 0 unspecified atom stereocenters. The number of rotatable bonds is 7. The summed E-state index contributed by atoms with van der Waals surface area (Å²) in [6.07, 6.45) is 2.59. The number of carbonyl (C=O) groups is 1. The average molecular weight is 388 g/mol. The van der Waals surface area contributed by atoms with Gasteiger partial charge in [0.05, 0.1) is 19.3 Å². The third kappa shape index (κ3) is 4.59. The van der Waals surface area contributed by atoms with Crippen molar-refractivity contribution >= 4 is 17.2 Å². The Labute approximate surface area is 163 Å². The Morgan fingerprint density at radius 2 is 1.93 bits per heavy atom. The van der Waals surface area contributed by atoms with Gasteiger partial charge < -0.3 is 14.4 Å². The Kier molecular flexibility index (Phi) is 5.59. The minimum atomic E-state index is 0.0193. The second kappa shape index (κ2) is 8.27. The van der Waals surface area contributed by atoms with Crippen molar-refractivity contribution in [3.63, 3.8) is 0 Å². The number of hydrogen-bond donors (Lipinski definition) is 0. The first kappa shape index (κ1) is 18.3. The van der Waals surface area contributed by atoms with Gasteiger partial charge in [-0.2, -0.15) is 0 Å². The van der Waals surface area contributed by atoms with Crippen LogP contribution in [0.15, 0.2) is 29.6 Å². The molecule has 1 saturated carbocycles. The molecule has 1 amide bonds. The Morgan fingerprint density at radius 3 is 2.63 bits per heavy atom. The Morgan fingerprint density at radius 1 is 1.19 bits per heavy atom. The van der Waals surface area contributed by atoms with Crippen LogP contribution in [0.3, 0.4) is 0 Å². The molecule has 1 aliphatic carbocycles. The molecule has 1 aliphatic heterocycles. The molecule has 0 atom stereocenters. The topological polar surface area (TPSA) is 54.9 Å². The van der Waals surface area contributed by atoms with Crippen LogP contribution < -0.4 is 9.47 Å². The van der Waals surface area contributed by atoms with Crippen molar-refractivity contribution in [2.24, 2.45) is 0 Å². The molecule has 2 aromatic rings. The standard InChI is InChI=1S/C20H25N3O3S/c1-25-17-4-2-3-5-18(17)26-13-20(24)23-10-8-22(9-11-23)12-19-21-16(14-27-19)15-6-7-15/h2-5,14-15H,6-13H2,1H3. The molecule has 2 fully saturated rings. The lowest BCUT2D eigenvalue weighted by Gasteiger charge is -2.34. The normalized spacial score (nSPS) is 17.7. The molecule has 4 rings (SSSR count). The van der Waals surface area contributed by atoms with Gasteiger partial charge in [0, 0.05) is 37.5 Å². The van der Waals surface area contributed by atoms with E-state index in [9.17, 15) is 4.79 Å². The predicted octanol–water partition coefficient (Wildman–Crippen LogP) is 2.75. The van der Waals surface area contributed by atoms with Crippen LogP contribution in [-0.2, 0) is 11.3 Å². The van der Waals surface area contributed by atoms with Gasteiger partial charge in [0.25, 0.3) is 5.91 Å². The van der Waals surface area contributed by atoms with Crippen molar-refractivity contribution in [1.82, 2.24) is 14.8 Å². The number of piperazine rings is 1. The van der Waals surface area contributed by atoms with Crippen LogP contribution in [0.25, 0.3) is 0 Å². The first-order chi connectivity index (χ1) is 13.2. The fourth-order valence-electron chi connectivity index (χ4n) is 3.28. The fourth-order valence-corrected chi connectivity index (χ4v) is 4.20. The van der Waals surface area contributed by atoms with Crippen LogP contribution in [0.1, 0.15) is 29.5 Å².